The van der Waals surface area contributed by atoms with E-state index >= 15 is 0 Å². The van der Waals surface area contributed by atoms with E-state index in [-0.39, 0.29) is 11.8 Å². The van der Waals surface area contributed by atoms with Crippen LogP contribution in [0.25, 0.3) is 0 Å². The molecule has 1 atom stereocenters. The topological polar surface area (TPSA) is 58.6 Å². The normalized spacial score (nSPS) is 14.7. The van der Waals surface area contributed by atoms with Gasteiger partial charge in [0.15, 0.2) is 6.10 Å². The van der Waals surface area contributed by atoms with E-state index in [0.717, 1.165) is 37.1 Å². The third kappa shape index (κ3) is 5.09. The lowest BCUT2D eigenvalue weighted by Gasteiger charge is -2.16. The van der Waals surface area contributed by atoms with E-state index in [2.05, 4.69) is 5.32 Å². The summed E-state index contributed by atoms with van der Waals surface area (Å²) in [5.41, 5.74) is 2.79. The van der Waals surface area contributed by atoms with Crippen LogP contribution in [-0.4, -0.2) is 35.9 Å². The van der Waals surface area contributed by atoms with Gasteiger partial charge in [-0.2, -0.15) is 0 Å². The first kappa shape index (κ1) is 19.0. The number of ether oxygens (including phenoxy) is 1. The maximum Gasteiger partial charge on any atom is 0.261 e. The van der Waals surface area contributed by atoms with Gasteiger partial charge >= 0.3 is 0 Å². The van der Waals surface area contributed by atoms with Crippen molar-refractivity contribution in [1.82, 2.24) is 10.2 Å². The SMILES string of the molecule is Cc1ccc(O[C@H](C)C(=O)NCc2ccc(C(=O)N3CCCC3)cc2)cc1. The van der Waals surface area contributed by atoms with Gasteiger partial charge in [0, 0.05) is 25.2 Å². The monoisotopic (exact) mass is 366 g/mol. The average molecular weight is 366 g/mol. The van der Waals surface area contributed by atoms with Gasteiger partial charge in [0.2, 0.25) is 0 Å². The van der Waals surface area contributed by atoms with Gasteiger partial charge in [-0.3, -0.25) is 9.59 Å². The number of amides is 2. The van der Waals surface area contributed by atoms with Gasteiger partial charge in [-0.05, 0) is 56.5 Å². The van der Waals surface area contributed by atoms with Crippen LogP contribution in [0.2, 0.25) is 0 Å². The first-order chi connectivity index (χ1) is 13.0. The predicted octanol–water partition coefficient (Wildman–Crippen LogP) is 3.31. The highest BCUT2D eigenvalue weighted by atomic mass is 16.5. The fraction of sp³-hybridized carbons (Fsp3) is 0.364. The van der Waals surface area contributed by atoms with Gasteiger partial charge < -0.3 is 15.0 Å². The highest BCUT2D eigenvalue weighted by molar-refractivity contribution is 5.94. The highest BCUT2D eigenvalue weighted by Crippen LogP contribution is 2.15. The molecule has 1 saturated heterocycles. The van der Waals surface area contributed by atoms with Gasteiger partial charge in [-0.1, -0.05) is 29.8 Å². The quantitative estimate of drug-likeness (QED) is 0.853. The maximum absolute atomic E-state index is 12.3. The van der Waals surface area contributed by atoms with Crippen LogP contribution in [0.4, 0.5) is 0 Å². The highest BCUT2D eigenvalue weighted by Gasteiger charge is 2.19. The fourth-order valence-corrected chi connectivity index (χ4v) is 3.08. The summed E-state index contributed by atoms with van der Waals surface area (Å²) in [7, 11) is 0. The molecule has 2 amide bonds. The van der Waals surface area contributed by atoms with Crippen LogP contribution >= 0.6 is 0 Å². The molecule has 0 aliphatic carbocycles. The van der Waals surface area contributed by atoms with Crippen molar-refractivity contribution in [2.75, 3.05) is 13.1 Å². The van der Waals surface area contributed by atoms with Crippen LogP contribution in [-0.2, 0) is 11.3 Å². The molecular formula is C22H26N2O3. The number of carbonyl (C=O) groups excluding carboxylic acids is 2. The van der Waals surface area contributed by atoms with Crippen LogP contribution in [0.15, 0.2) is 48.5 Å². The molecule has 142 valence electrons. The smallest absolute Gasteiger partial charge is 0.261 e. The van der Waals surface area contributed by atoms with Gasteiger partial charge in [0.05, 0.1) is 0 Å². The van der Waals surface area contributed by atoms with Crippen molar-refractivity contribution < 1.29 is 14.3 Å². The van der Waals surface area contributed by atoms with Crippen molar-refractivity contribution in [3.8, 4) is 5.75 Å². The lowest BCUT2D eigenvalue weighted by molar-refractivity contribution is -0.127. The first-order valence-electron chi connectivity index (χ1n) is 9.42. The second-order valence-electron chi connectivity index (χ2n) is 6.99. The Morgan fingerprint density at radius 3 is 2.30 bits per heavy atom. The Labute approximate surface area is 160 Å². The zero-order chi connectivity index (χ0) is 19.2. The minimum Gasteiger partial charge on any atom is -0.481 e. The number of benzene rings is 2. The minimum atomic E-state index is -0.580. The molecule has 0 aromatic heterocycles. The van der Waals surface area contributed by atoms with Crippen molar-refractivity contribution in [3.63, 3.8) is 0 Å². The molecular weight excluding hydrogens is 340 g/mol. The second kappa shape index (κ2) is 8.71. The molecule has 1 heterocycles. The number of rotatable bonds is 6. The molecule has 2 aromatic carbocycles. The summed E-state index contributed by atoms with van der Waals surface area (Å²) in [5, 5.41) is 2.87. The Kier molecular flexibility index (Phi) is 6.12. The standard InChI is InChI=1S/C22H26N2O3/c1-16-5-11-20(12-6-16)27-17(2)21(25)23-15-18-7-9-19(10-8-18)22(26)24-13-3-4-14-24/h5-12,17H,3-4,13-15H2,1-2H3,(H,23,25)/t17-/m1/s1. The van der Waals surface area contributed by atoms with Crippen LogP contribution < -0.4 is 10.1 Å². The molecule has 0 unspecified atom stereocenters. The van der Waals surface area contributed by atoms with Crippen molar-refractivity contribution in [3.05, 3.63) is 65.2 Å². The summed E-state index contributed by atoms with van der Waals surface area (Å²) >= 11 is 0. The zero-order valence-electron chi connectivity index (χ0n) is 15.9. The average Bonchev–Trinajstić information content (AvgIpc) is 3.22. The van der Waals surface area contributed by atoms with Crippen LogP contribution in [0.1, 0.15) is 41.3 Å². The number of nitrogens with one attached hydrogen (secondary N) is 1. The van der Waals surface area contributed by atoms with E-state index < -0.39 is 6.10 Å². The molecule has 1 aliphatic heterocycles. The number of hydrogen-bond donors (Lipinski definition) is 1. The maximum atomic E-state index is 12.3. The molecule has 1 N–H and O–H groups in total. The van der Waals surface area contributed by atoms with Crippen molar-refractivity contribution in [2.24, 2.45) is 0 Å². The largest absolute Gasteiger partial charge is 0.481 e. The second-order valence-corrected chi connectivity index (χ2v) is 6.99. The molecule has 3 rings (SSSR count). The molecule has 0 spiro atoms. The number of likely N-dealkylation sites (tertiary alicyclic amines) is 1. The molecule has 2 aromatic rings. The molecule has 1 fully saturated rings. The third-order valence-electron chi connectivity index (χ3n) is 4.76. The molecule has 5 heteroatoms. The van der Waals surface area contributed by atoms with E-state index in [1.165, 1.54) is 0 Å². The van der Waals surface area contributed by atoms with Crippen LogP contribution in [0, 0.1) is 6.92 Å². The Morgan fingerprint density at radius 1 is 1.04 bits per heavy atom. The molecule has 5 nitrogen and oxygen atoms in total. The molecule has 1 aliphatic rings. The Bertz CT molecular complexity index is 778. The molecule has 0 bridgehead atoms. The Morgan fingerprint density at radius 2 is 1.67 bits per heavy atom. The van der Waals surface area contributed by atoms with Gasteiger partial charge in [0.25, 0.3) is 11.8 Å². The third-order valence-corrected chi connectivity index (χ3v) is 4.76. The fourth-order valence-electron chi connectivity index (χ4n) is 3.08. The van der Waals surface area contributed by atoms with Gasteiger partial charge in [-0.15, -0.1) is 0 Å². The Hall–Kier alpha value is -2.82. The molecule has 0 radical (unpaired) electrons. The number of aryl methyl sites for hydroxylation is 1. The van der Waals surface area contributed by atoms with E-state index in [4.69, 9.17) is 4.74 Å². The summed E-state index contributed by atoms with van der Waals surface area (Å²) in [5.74, 6) is 0.587. The lowest BCUT2D eigenvalue weighted by atomic mass is 10.1. The van der Waals surface area contributed by atoms with E-state index in [0.29, 0.717) is 17.9 Å². The van der Waals surface area contributed by atoms with E-state index in [9.17, 15) is 9.59 Å². The summed E-state index contributed by atoms with van der Waals surface area (Å²) < 4.78 is 5.66. The predicted molar refractivity (Wildman–Crippen MR) is 105 cm³/mol. The lowest BCUT2D eigenvalue weighted by Crippen LogP contribution is -2.35. The number of carbonyl (C=O) groups is 2. The summed E-state index contributed by atoms with van der Waals surface area (Å²) in [4.78, 5) is 26.5. The van der Waals surface area contributed by atoms with Crippen molar-refractivity contribution >= 4 is 11.8 Å². The number of hydrogen-bond acceptors (Lipinski definition) is 3. The zero-order valence-corrected chi connectivity index (χ0v) is 15.9. The summed E-state index contributed by atoms with van der Waals surface area (Å²) in [6, 6.07) is 15.0. The van der Waals surface area contributed by atoms with Crippen LogP contribution in [0.5, 0.6) is 5.75 Å². The van der Waals surface area contributed by atoms with Gasteiger partial charge in [0.1, 0.15) is 5.75 Å². The summed E-state index contributed by atoms with van der Waals surface area (Å²) in [6.45, 7) is 5.82. The van der Waals surface area contributed by atoms with E-state index in [1.807, 2.05) is 60.4 Å². The molecule has 27 heavy (non-hydrogen) atoms. The molecule has 0 saturated carbocycles. The minimum absolute atomic E-state index is 0.0863. The van der Waals surface area contributed by atoms with Crippen LogP contribution in [0.3, 0.4) is 0 Å². The number of nitrogens with zero attached hydrogens (tertiary/aromatic N) is 1. The summed E-state index contributed by atoms with van der Waals surface area (Å²) in [6.07, 6.45) is 1.58. The van der Waals surface area contributed by atoms with Crippen molar-refractivity contribution in [2.45, 2.75) is 39.3 Å². The first-order valence-corrected chi connectivity index (χ1v) is 9.42. The Balaban J connectivity index is 1.49. The van der Waals surface area contributed by atoms with Crippen molar-refractivity contribution in [1.29, 1.82) is 0 Å². The van der Waals surface area contributed by atoms with Gasteiger partial charge in [-0.25, -0.2) is 0 Å². The van der Waals surface area contributed by atoms with E-state index in [1.54, 1.807) is 6.92 Å².